The van der Waals surface area contributed by atoms with Crippen LogP contribution in [0.1, 0.15) is 33.7 Å². The van der Waals surface area contributed by atoms with Crippen LogP contribution in [0.15, 0.2) is 113 Å². The number of nitrogens with zero attached hydrogens (tertiary/aromatic N) is 1. The Morgan fingerprint density at radius 2 is 1.68 bits per heavy atom. The van der Waals surface area contributed by atoms with Crippen LogP contribution in [0.5, 0.6) is 5.75 Å². The maximum atomic E-state index is 13.6. The first-order valence-electron chi connectivity index (χ1n) is 13.2. The maximum Gasteiger partial charge on any atom is 0.255 e. The number of aromatic nitrogens is 1. The molecular weight excluding hydrogens is 551 g/mol. The second-order valence-electron chi connectivity index (χ2n) is 9.24. The number of thioether (sulfide) groups is 1. The minimum atomic E-state index is -0.531. The Morgan fingerprint density at radius 1 is 0.902 bits per heavy atom. The van der Waals surface area contributed by atoms with E-state index in [1.165, 1.54) is 23.1 Å². The highest BCUT2D eigenvalue weighted by atomic mass is 32.2. The fourth-order valence-electron chi connectivity index (χ4n) is 4.20. The molecule has 0 aliphatic rings. The van der Waals surface area contributed by atoms with E-state index >= 15 is 0 Å². The van der Waals surface area contributed by atoms with E-state index in [1.807, 2.05) is 116 Å². The number of thiazole rings is 1. The van der Waals surface area contributed by atoms with Crippen molar-refractivity contribution in [2.75, 3.05) is 17.2 Å². The quantitative estimate of drug-likeness (QED) is 0.163. The molecule has 41 heavy (non-hydrogen) atoms. The number of hydrogen-bond acceptors (Lipinski definition) is 6. The van der Waals surface area contributed by atoms with Gasteiger partial charge in [0.2, 0.25) is 5.91 Å². The molecule has 0 spiro atoms. The van der Waals surface area contributed by atoms with Crippen LogP contribution >= 0.6 is 23.1 Å². The van der Waals surface area contributed by atoms with Crippen molar-refractivity contribution >= 4 is 45.7 Å². The van der Waals surface area contributed by atoms with Crippen LogP contribution in [0.4, 0.5) is 10.8 Å². The molecule has 0 saturated heterocycles. The van der Waals surface area contributed by atoms with Crippen molar-refractivity contribution in [3.63, 3.8) is 0 Å². The molecule has 0 aliphatic carbocycles. The summed E-state index contributed by atoms with van der Waals surface area (Å²) in [4.78, 5) is 31.9. The first-order valence-corrected chi connectivity index (χ1v) is 14.9. The van der Waals surface area contributed by atoms with Crippen LogP contribution in [-0.4, -0.2) is 23.4 Å². The highest BCUT2D eigenvalue weighted by molar-refractivity contribution is 8.00. The van der Waals surface area contributed by atoms with Gasteiger partial charge in [0.25, 0.3) is 5.91 Å². The third kappa shape index (κ3) is 7.42. The summed E-state index contributed by atoms with van der Waals surface area (Å²) in [6, 6.07) is 32.4. The van der Waals surface area contributed by atoms with Crippen LogP contribution in [0.25, 0.3) is 11.3 Å². The van der Waals surface area contributed by atoms with Crippen LogP contribution in [0.2, 0.25) is 0 Å². The van der Waals surface area contributed by atoms with Crippen LogP contribution < -0.4 is 15.4 Å². The number of carbonyl (C=O) groups is 2. The number of anilines is 2. The topological polar surface area (TPSA) is 80.3 Å². The van der Waals surface area contributed by atoms with Gasteiger partial charge in [-0.3, -0.25) is 9.59 Å². The Morgan fingerprint density at radius 3 is 2.44 bits per heavy atom. The van der Waals surface area contributed by atoms with Gasteiger partial charge in [-0.05, 0) is 74.0 Å². The zero-order valence-corrected chi connectivity index (χ0v) is 24.3. The molecule has 4 aromatic carbocycles. The van der Waals surface area contributed by atoms with Crippen molar-refractivity contribution in [1.82, 2.24) is 4.98 Å². The molecule has 1 heterocycles. The molecule has 1 unspecified atom stereocenters. The molecule has 0 aliphatic heterocycles. The Balaban J connectivity index is 1.31. The summed E-state index contributed by atoms with van der Waals surface area (Å²) in [5.74, 6) is 0.449. The molecule has 5 aromatic rings. The lowest BCUT2D eigenvalue weighted by molar-refractivity contribution is -0.115. The summed E-state index contributed by atoms with van der Waals surface area (Å²) in [6.07, 6.45) is 0. The third-order valence-electron chi connectivity index (χ3n) is 6.16. The number of amides is 2. The van der Waals surface area contributed by atoms with Crippen LogP contribution in [0.3, 0.4) is 0 Å². The van der Waals surface area contributed by atoms with Crippen molar-refractivity contribution < 1.29 is 14.3 Å². The number of carbonyl (C=O) groups excluding carboxylic acids is 2. The van der Waals surface area contributed by atoms with Gasteiger partial charge in [-0.25, -0.2) is 4.98 Å². The minimum Gasteiger partial charge on any atom is -0.494 e. The summed E-state index contributed by atoms with van der Waals surface area (Å²) in [5, 5.41) is 7.90. The van der Waals surface area contributed by atoms with Crippen molar-refractivity contribution in [2.45, 2.75) is 24.0 Å². The molecular formula is C33H29N3O3S2. The van der Waals surface area contributed by atoms with Crippen molar-refractivity contribution in [3.05, 3.63) is 125 Å². The summed E-state index contributed by atoms with van der Waals surface area (Å²) in [7, 11) is 0. The van der Waals surface area contributed by atoms with Gasteiger partial charge in [0, 0.05) is 27.1 Å². The van der Waals surface area contributed by atoms with Gasteiger partial charge >= 0.3 is 0 Å². The molecule has 2 N–H and O–H groups in total. The smallest absolute Gasteiger partial charge is 0.255 e. The normalized spacial score (nSPS) is 11.5. The van der Waals surface area contributed by atoms with Crippen molar-refractivity contribution in [3.8, 4) is 17.0 Å². The molecule has 0 bridgehead atoms. The second-order valence-corrected chi connectivity index (χ2v) is 11.3. The van der Waals surface area contributed by atoms with E-state index in [2.05, 4.69) is 15.6 Å². The van der Waals surface area contributed by atoms with E-state index in [0.29, 0.717) is 23.0 Å². The SMILES string of the molecule is CCOc1ccc(-c2csc(NC(=O)C(Sc3cccc(NC(=O)c4cccc(C)c4)c3)c3ccccc3)n2)cc1. The highest BCUT2D eigenvalue weighted by Crippen LogP contribution is 2.38. The van der Waals surface area contributed by atoms with E-state index in [9.17, 15) is 9.59 Å². The lowest BCUT2D eigenvalue weighted by Gasteiger charge is -2.17. The first kappa shape index (κ1) is 28.1. The molecule has 1 atom stereocenters. The molecule has 2 amide bonds. The molecule has 5 rings (SSSR count). The fraction of sp³-hybridized carbons (Fsp3) is 0.121. The summed E-state index contributed by atoms with van der Waals surface area (Å²) < 4.78 is 5.52. The number of rotatable bonds is 10. The van der Waals surface area contributed by atoms with Crippen LogP contribution in [0, 0.1) is 6.92 Å². The largest absolute Gasteiger partial charge is 0.494 e. The van der Waals surface area contributed by atoms with E-state index in [-0.39, 0.29) is 11.8 Å². The first-order chi connectivity index (χ1) is 20.0. The van der Waals surface area contributed by atoms with E-state index in [0.717, 1.165) is 33.0 Å². The zero-order chi connectivity index (χ0) is 28.6. The maximum absolute atomic E-state index is 13.6. The van der Waals surface area contributed by atoms with Gasteiger partial charge in [0.05, 0.1) is 12.3 Å². The number of benzene rings is 4. The number of hydrogen-bond donors (Lipinski definition) is 2. The number of aryl methyl sites for hydroxylation is 1. The van der Waals surface area contributed by atoms with E-state index in [1.54, 1.807) is 6.07 Å². The molecule has 206 valence electrons. The Bertz CT molecular complexity index is 1640. The Hall–Kier alpha value is -4.40. The highest BCUT2D eigenvalue weighted by Gasteiger charge is 2.23. The predicted molar refractivity (Wildman–Crippen MR) is 168 cm³/mol. The molecule has 0 radical (unpaired) electrons. The zero-order valence-electron chi connectivity index (χ0n) is 22.7. The monoisotopic (exact) mass is 579 g/mol. The Kier molecular flexibility index (Phi) is 9.13. The second kappa shape index (κ2) is 13.3. The van der Waals surface area contributed by atoms with Gasteiger partial charge in [0.15, 0.2) is 5.13 Å². The number of nitrogens with one attached hydrogen (secondary N) is 2. The summed E-state index contributed by atoms with van der Waals surface area (Å²) in [6.45, 7) is 4.51. The summed E-state index contributed by atoms with van der Waals surface area (Å²) >= 11 is 2.80. The van der Waals surface area contributed by atoms with E-state index < -0.39 is 5.25 Å². The number of ether oxygens (including phenoxy) is 1. The van der Waals surface area contributed by atoms with Gasteiger partial charge < -0.3 is 15.4 Å². The third-order valence-corrected chi connectivity index (χ3v) is 8.17. The van der Waals surface area contributed by atoms with Crippen LogP contribution in [-0.2, 0) is 4.79 Å². The van der Waals surface area contributed by atoms with Gasteiger partial charge in [-0.2, -0.15) is 0 Å². The lowest BCUT2D eigenvalue weighted by atomic mass is 10.1. The molecule has 0 saturated carbocycles. The van der Waals surface area contributed by atoms with Crippen molar-refractivity contribution in [1.29, 1.82) is 0 Å². The minimum absolute atomic E-state index is 0.178. The standard InChI is InChI=1S/C33H29N3O3S2/c1-3-39-27-17-15-23(16-18-27)29-21-40-33(35-29)36-32(38)30(24-10-5-4-6-11-24)41-28-14-8-13-26(20-28)34-31(37)25-12-7-9-22(2)19-25/h4-21,30H,3H2,1-2H3,(H,34,37)(H,35,36,38). The molecule has 6 nitrogen and oxygen atoms in total. The van der Waals surface area contributed by atoms with Gasteiger partial charge in [0.1, 0.15) is 11.0 Å². The van der Waals surface area contributed by atoms with Crippen molar-refractivity contribution in [2.24, 2.45) is 0 Å². The lowest BCUT2D eigenvalue weighted by Crippen LogP contribution is -2.19. The average molecular weight is 580 g/mol. The summed E-state index contributed by atoms with van der Waals surface area (Å²) in [5.41, 5.74) is 4.88. The molecule has 8 heteroatoms. The molecule has 0 fully saturated rings. The molecule has 1 aromatic heterocycles. The van der Waals surface area contributed by atoms with E-state index in [4.69, 9.17) is 4.74 Å². The Labute approximate surface area is 247 Å². The fourth-order valence-corrected chi connectivity index (χ4v) is 6.00. The average Bonchev–Trinajstić information content (AvgIpc) is 3.45. The predicted octanol–water partition coefficient (Wildman–Crippen LogP) is 8.24. The van der Waals surface area contributed by atoms with Gasteiger partial charge in [-0.1, -0.05) is 54.1 Å². The van der Waals surface area contributed by atoms with Gasteiger partial charge in [-0.15, -0.1) is 23.1 Å².